The summed E-state index contributed by atoms with van der Waals surface area (Å²) in [6, 6.07) is 16.5. The molecule has 3 aromatic rings. The lowest BCUT2D eigenvalue weighted by molar-refractivity contribution is 0.102. The molecule has 0 radical (unpaired) electrons. The first-order valence-electron chi connectivity index (χ1n) is 8.36. The van der Waals surface area contributed by atoms with Crippen molar-refractivity contribution in [3.63, 3.8) is 0 Å². The molecule has 0 atom stereocenters. The maximum absolute atomic E-state index is 14.2. The molecule has 0 bridgehead atoms. The summed E-state index contributed by atoms with van der Waals surface area (Å²) < 4.78 is 42.6. The summed E-state index contributed by atoms with van der Waals surface area (Å²) in [5.41, 5.74) is 0.657. The van der Waals surface area contributed by atoms with Gasteiger partial charge in [0, 0.05) is 21.7 Å². The van der Waals surface area contributed by atoms with E-state index in [1.165, 1.54) is 0 Å². The Hall–Kier alpha value is -2.26. The minimum atomic E-state index is -3.99. The van der Waals surface area contributed by atoms with E-state index >= 15 is 0 Å². The first kappa shape index (κ1) is 21.4. The maximum atomic E-state index is 14.2. The monoisotopic (exact) mass is 496 g/mol. The van der Waals surface area contributed by atoms with Gasteiger partial charge in [-0.1, -0.05) is 45.7 Å². The molecule has 0 heterocycles. The zero-order valence-electron chi connectivity index (χ0n) is 14.8. The third kappa shape index (κ3) is 5.42. The molecule has 0 unspecified atom stereocenters. The van der Waals surface area contributed by atoms with Gasteiger partial charge in [0.15, 0.2) is 0 Å². The summed E-state index contributed by atoms with van der Waals surface area (Å²) in [4.78, 5) is 12.2. The summed E-state index contributed by atoms with van der Waals surface area (Å²) >= 11 is 9.31. The van der Waals surface area contributed by atoms with Gasteiger partial charge in [0.25, 0.3) is 5.91 Å². The Morgan fingerprint density at radius 1 is 1.03 bits per heavy atom. The number of benzene rings is 3. The van der Waals surface area contributed by atoms with Gasteiger partial charge in [-0.15, -0.1) is 0 Å². The van der Waals surface area contributed by atoms with Gasteiger partial charge in [0.1, 0.15) is 5.82 Å². The fraction of sp³-hybridized carbons (Fsp3) is 0.0500. The van der Waals surface area contributed by atoms with Crippen LogP contribution in [0.3, 0.4) is 0 Å². The van der Waals surface area contributed by atoms with Crippen LogP contribution in [-0.4, -0.2) is 14.3 Å². The van der Waals surface area contributed by atoms with Crippen LogP contribution in [0.25, 0.3) is 0 Å². The molecule has 0 fully saturated rings. The van der Waals surface area contributed by atoms with E-state index in [0.717, 1.165) is 22.7 Å². The highest BCUT2D eigenvalue weighted by atomic mass is 79.9. The van der Waals surface area contributed by atoms with E-state index in [-0.39, 0.29) is 17.0 Å². The van der Waals surface area contributed by atoms with E-state index in [1.807, 2.05) is 0 Å². The highest BCUT2D eigenvalue weighted by molar-refractivity contribution is 9.10. The normalized spacial score (nSPS) is 11.3. The van der Waals surface area contributed by atoms with Gasteiger partial charge in [-0.25, -0.2) is 17.5 Å². The Kier molecular flexibility index (Phi) is 6.69. The van der Waals surface area contributed by atoms with Crippen molar-refractivity contribution in [2.45, 2.75) is 11.4 Å². The summed E-state index contributed by atoms with van der Waals surface area (Å²) in [6.45, 7) is -0.0419. The molecule has 3 rings (SSSR count). The number of nitrogens with one attached hydrogen (secondary N) is 2. The minimum Gasteiger partial charge on any atom is -0.322 e. The third-order valence-electron chi connectivity index (χ3n) is 4.01. The number of anilines is 1. The van der Waals surface area contributed by atoms with E-state index in [4.69, 9.17) is 11.6 Å². The molecule has 1 amide bonds. The van der Waals surface area contributed by atoms with Crippen LogP contribution in [0.1, 0.15) is 15.9 Å². The molecule has 150 valence electrons. The van der Waals surface area contributed by atoms with Gasteiger partial charge in [-0.3, -0.25) is 4.79 Å². The van der Waals surface area contributed by atoms with Crippen LogP contribution in [0.5, 0.6) is 0 Å². The first-order chi connectivity index (χ1) is 13.8. The SMILES string of the molecule is O=C(Nc1ccc(Br)cc1)c1cc(S(=O)(=O)NCc2ccccc2Cl)ccc1F. The van der Waals surface area contributed by atoms with E-state index in [9.17, 15) is 17.6 Å². The van der Waals surface area contributed by atoms with Crippen molar-refractivity contribution < 1.29 is 17.6 Å². The van der Waals surface area contributed by atoms with Crippen LogP contribution in [0.4, 0.5) is 10.1 Å². The van der Waals surface area contributed by atoms with Gasteiger partial charge in [-0.2, -0.15) is 0 Å². The molecule has 29 heavy (non-hydrogen) atoms. The Morgan fingerprint density at radius 2 is 1.72 bits per heavy atom. The number of amides is 1. The van der Waals surface area contributed by atoms with Crippen molar-refractivity contribution in [3.05, 3.63) is 93.2 Å². The zero-order valence-corrected chi connectivity index (χ0v) is 18.0. The summed E-state index contributed by atoms with van der Waals surface area (Å²) in [7, 11) is -3.99. The second-order valence-electron chi connectivity index (χ2n) is 6.02. The molecule has 0 aliphatic heterocycles. The van der Waals surface area contributed by atoms with E-state index in [0.29, 0.717) is 16.3 Å². The predicted molar refractivity (Wildman–Crippen MR) is 114 cm³/mol. The Balaban J connectivity index is 1.80. The Morgan fingerprint density at radius 3 is 2.41 bits per heavy atom. The quantitative estimate of drug-likeness (QED) is 0.505. The average Bonchev–Trinajstić information content (AvgIpc) is 2.69. The van der Waals surface area contributed by atoms with Crippen LogP contribution in [0.2, 0.25) is 5.02 Å². The highest BCUT2D eigenvalue weighted by Gasteiger charge is 2.20. The van der Waals surface area contributed by atoms with Crippen molar-refractivity contribution in [1.29, 1.82) is 0 Å². The first-order valence-corrected chi connectivity index (χ1v) is 11.0. The van der Waals surface area contributed by atoms with Crippen molar-refractivity contribution >= 4 is 49.1 Å². The van der Waals surface area contributed by atoms with Gasteiger partial charge < -0.3 is 5.32 Å². The molecule has 3 aromatic carbocycles. The topological polar surface area (TPSA) is 75.3 Å². The van der Waals surface area contributed by atoms with E-state index in [2.05, 4.69) is 26.0 Å². The fourth-order valence-electron chi connectivity index (χ4n) is 2.48. The number of hydrogen-bond acceptors (Lipinski definition) is 3. The van der Waals surface area contributed by atoms with E-state index < -0.39 is 21.7 Å². The van der Waals surface area contributed by atoms with Gasteiger partial charge in [-0.05, 0) is 54.1 Å². The van der Waals surface area contributed by atoms with Crippen molar-refractivity contribution in [1.82, 2.24) is 4.72 Å². The molecular weight excluding hydrogens is 483 g/mol. The summed E-state index contributed by atoms with van der Waals surface area (Å²) in [5, 5.41) is 2.96. The van der Waals surface area contributed by atoms with Crippen molar-refractivity contribution in [2.24, 2.45) is 0 Å². The van der Waals surface area contributed by atoms with Crippen LogP contribution in [0, 0.1) is 5.82 Å². The largest absolute Gasteiger partial charge is 0.322 e. The number of carbonyl (C=O) groups excluding carboxylic acids is 1. The van der Waals surface area contributed by atoms with E-state index in [1.54, 1.807) is 48.5 Å². The fourth-order valence-corrected chi connectivity index (χ4v) is 3.97. The molecule has 0 saturated carbocycles. The molecule has 0 saturated heterocycles. The molecule has 2 N–H and O–H groups in total. The smallest absolute Gasteiger partial charge is 0.258 e. The molecular formula is C20H15BrClFN2O3S. The molecule has 0 aromatic heterocycles. The van der Waals surface area contributed by atoms with Crippen LogP contribution in [0.15, 0.2) is 76.1 Å². The zero-order chi connectivity index (χ0) is 21.0. The van der Waals surface area contributed by atoms with Crippen molar-refractivity contribution in [2.75, 3.05) is 5.32 Å². The second-order valence-corrected chi connectivity index (χ2v) is 9.11. The van der Waals surface area contributed by atoms with Crippen LogP contribution < -0.4 is 10.0 Å². The Bertz CT molecular complexity index is 1150. The lowest BCUT2D eigenvalue weighted by Gasteiger charge is -2.11. The number of halogens is 3. The lowest BCUT2D eigenvalue weighted by atomic mass is 10.2. The summed E-state index contributed by atoms with van der Waals surface area (Å²) in [6.07, 6.45) is 0. The van der Waals surface area contributed by atoms with Gasteiger partial charge in [0.2, 0.25) is 10.0 Å². The van der Waals surface area contributed by atoms with Crippen LogP contribution >= 0.6 is 27.5 Å². The lowest BCUT2D eigenvalue weighted by Crippen LogP contribution is -2.24. The molecule has 0 aliphatic carbocycles. The highest BCUT2D eigenvalue weighted by Crippen LogP contribution is 2.20. The summed E-state index contributed by atoms with van der Waals surface area (Å²) in [5.74, 6) is -1.59. The molecule has 5 nitrogen and oxygen atoms in total. The molecule has 0 aliphatic rings. The van der Waals surface area contributed by atoms with Gasteiger partial charge in [0.05, 0.1) is 10.5 Å². The number of hydrogen-bond donors (Lipinski definition) is 2. The molecule has 0 spiro atoms. The number of sulfonamides is 1. The predicted octanol–water partition coefficient (Wildman–Crippen LogP) is 4.97. The number of carbonyl (C=O) groups is 1. The van der Waals surface area contributed by atoms with Crippen LogP contribution in [-0.2, 0) is 16.6 Å². The van der Waals surface area contributed by atoms with Crippen molar-refractivity contribution in [3.8, 4) is 0 Å². The third-order valence-corrected chi connectivity index (χ3v) is 6.30. The minimum absolute atomic E-state index is 0.0419. The molecule has 9 heteroatoms. The standard InChI is InChI=1S/C20H15BrClFN2O3S/c21-14-5-7-15(8-6-14)25-20(26)17-11-16(9-10-19(17)23)29(27,28)24-12-13-3-1-2-4-18(13)22/h1-11,24H,12H2,(H,25,26). The Labute approximate surface area is 181 Å². The number of rotatable bonds is 6. The maximum Gasteiger partial charge on any atom is 0.258 e. The average molecular weight is 498 g/mol. The second kappa shape index (κ2) is 9.04. The van der Waals surface area contributed by atoms with Gasteiger partial charge >= 0.3 is 0 Å².